The first kappa shape index (κ1) is 22.9. The zero-order valence-corrected chi connectivity index (χ0v) is 19.7. The van der Waals surface area contributed by atoms with E-state index in [0.717, 1.165) is 43.7 Å². The number of nitrogens with two attached hydrogens (primary N) is 1. The number of ether oxygens (including phenoxy) is 1. The molecule has 0 bridgehead atoms. The molecule has 0 radical (unpaired) electrons. The molecule has 5 N–H and O–H groups in total. The highest BCUT2D eigenvalue weighted by atomic mass is 16.6. The molecule has 0 spiro atoms. The van der Waals surface area contributed by atoms with Crippen LogP contribution in [0.5, 0.6) is 0 Å². The van der Waals surface area contributed by atoms with Crippen LogP contribution < -0.4 is 26.6 Å². The molecule has 1 aliphatic heterocycles. The first-order chi connectivity index (χ1) is 15.7. The van der Waals surface area contributed by atoms with E-state index >= 15 is 0 Å². The second kappa shape index (κ2) is 9.72. The van der Waals surface area contributed by atoms with Gasteiger partial charge in [0.1, 0.15) is 5.60 Å². The minimum atomic E-state index is -0.493. The Morgan fingerprint density at radius 1 is 1.12 bits per heavy atom. The third-order valence-corrected chi connectivity index (χ3v) is 5.91. The highest BCUT2D eigenvalue weighted by Crippen LogP contribution is 2.27. The van der Waals surface area contributed by atoms with E-state index in [1.165, 1.54) is 12.8 Å². The normalized spacial score (nSPS) is 18.9. The number of hydrogen-bond acceptors (Lipinski definition) is 8. The van der Waals surface area contributed by atoms with Crippen LogP contribution in [0.2, 0.25) is 0 Å². The topological polar surface area (TPSA) is 117 Å². The Morgan fingerprint density at radius 2 is 1.85 bits per heavy atom. The van der Waals surface area contributed by atoms with Gasteiger partial charge in [0, 0.05) is 30.5 Å². The fraction of sp³-hybridized carbons (Fsp3) is 0.542. The van der Waals surface area contributed by atoms with Gasteiger partial charge in [-0.1, -0.05) is 12.8 Å². The number of carbonyl (C=O) groups excluding carboxylic acids is 1. The summed E-state index contributed by atoms with van der Waals surface area (Å²) in [5.74, 6) is 1.21. The van der Waals surface area contributed by atoms with Crippen LogP contribution in [0.3, 0.4) is 0 Å². The van der Waals surface area contributed by atoms with Crippen molar-refractivity contribution in [3.63, 3.8) is 0 Å². The lowest BCUT2D eigenvalue weighted by Gasteiger charge is -2.22. The largest absolute Gasteiger partial charge is 0.444 e. The van der Waals surface area contributed by atoms with Crippen LogP contribution in [0.15, 0.2) is 30.5 Å². The first-order valence-electron chi connectivity index (χ1n) is 11.8. The molecule has 1 unspecified atom stereocenters. The zero-order chi connectivity index (χ0) is 23.4. The number of amides is 1. The molecule has 2 aromatic rings. The highest BCUT2D eigenvalue weighted by molar-refractivity contribution is 5.69. The fourth-order valence-electron chi connectivity index (χ4n) is 4.30. The molecule has 1 amide bonds. The van der Waals surface area contributed by atoms with E-state index in [2.05, 4.69) is 43.0 Å². The molecule has 4 rings (SSSR count). The molecule has 2 heterocycles. The van der Waals surface area contributed by atoms with Gasteiger partial charge in [0.05, 0.1) is 17.9 Å². The van der Waals surface area contributed by atoms with Gasteiger partial charge in [-0.3, -0.25) is 0 Å². The third-order valence-electron chi connectivity index (χ3n) is 5.91. The Morgan fingerprint density at radius 3 is 2.55 bits per heavy atom. The average Bonchev–Trinajstić information content (AvgIpc) is 3.42. The molecule has 9 heteroatoms. The van der Waals surface area contributed by atoms with E-state index in [0.29, 0.717) is 23.5 Å². The number of aromatic nitrogens is 2. The number of alkyl carbamates (subject to hydrolysis) is 1. The fourth-order valence-corrected chi connectivity index (χ4v) is 4.30. The number of rotatable bonds is 6. The van der Waals surface area contributed by atoms with Gasteiger partial charge in [0.15, 0.2) is 5.82 Å². The Bertz CT molecular complexity index is 952. The monoisotopic (exact) mass is 453 g/mol. The Hall–Kier alpha value is -3.23. The molecule has 33 heavy (non-hydrogen) atoms. The summed E-state index contributed by atoms with van der Waals surface area (Å²) in [6.07, 6.45) is 6.96. The van der Waals surface area contributed by atoms with Crippen molar-refractivity contribution in [2.75, 3.05) is 34.4 Å². The summed E-state index contributed by atoms with van der Waals surface area (Å²) in [6.45, 7) is 7.23. The van der Waals surface area contributed by atoms with Gasteiger partial charge in [0.2, 0.25) is 5.95 Å². The van der Waals surface area contributed by atoms with Gasteiger partial charge in [0.25, 0.3) is 0 Å². The van der Waals surface area contributed by atoms with Crippen molar-refractivity contribution in [1.29, 1.82) is 0 Å². The minimum absolute atomic E-state index is 0.0756. The van der Waals surface area contributed by atoms with E-state index in [-0.39, 0.29) is 12.1 Å². The number of anilines is 5. The van der Waals surface area contributed by atoms with Crippen molar-refractivity contribution in [2.45, 2.75) is 70.6 Å². The molecular weight excluding hydrogens is 418 g/mol. The van der Waals surface area contributed by atoms with Crippen LogP contribution in [0.25, 0.3) is 0 Å². The number of hydrogen-bond donors (Lipinski definition) is 4. The van der Waals surface area contributed by atoms with Crippen molar-refractivity contribution in [3.8, 4) is 0 Å². The van der Waals surface area contributed by atoms with Gasteiger partial charge in [-0.15, -0.1) is 0 Å². The lowest BCUT2D eigenvalue weighted by Crippen LogP contribution is -2.40. The maximum absolute atomic E-state index is 12.0. The number of nitrogens with one attached hydrogen (secondary N) is 3. The smallest absolute Gasteiger partial charge is 0.407 e. The predicted molar refractivity (Wildman–Crippen MR) is 132 cm³/mol. The van der Waals surface area contributed by atoms with E-state index in [9.17, 15) is 4.79 Å². The summed E-state index contributed by atoms with van der Waals surface area (Å²) in [5.41, 5.74) is 8.14. The summed E-state index contributed by atoms with van der Waals surface area (Å²) in [6, 6.07) is 8.65. The second-order valence-corrected chi connectivity index (χ2v) is 9.87. The molecule has 2 fully saturated rings. The molecule has 1 aromatic heterocycles. The van der Waals surface area contributed by atoms with E-state index in [1.807, 2.05) is 32.9 Å². The Balaban J connectivity index is 1.32. The van der Waals surface area contributed by atoms with Gasteiger partial charge in [-0.25, -0.2) is 9.78 Å². The SMILES string of the molecule is CC(C)(C)OC(=O)NC1CCN(c2ccc(Nc3ncc(N)c(NC4CCCC4)n3)cc2)C1. The highest BCUT2D eigenvalue weighted by Gasteiger charge is 2.26. The molecule has 1 atom stereocenters. The lowest BCUT2D eigenvalue weighted by molar-refractivity contribution is 0.0509. The Labute approximate surface area is 195 Å². The summed E-state index contributed by atoms with van der Waals surface area (Å²) in [4.78, 5) is 23.2. The minimum Gasteiger partial charge on any atom is -0.444 e. The van der Waals surface area contributed by atoms with Crippen LogP contribution in [0.1, 0.15) is 52.9 Å². The number of nitrogens with zero attached hydrogens (tertiary/aromatic N) is 3. The van der Waals surface area contributed by atoms with Crippen molar-refractivity contribution >= 4 is 34.9 Å². The van der Waals surface area contributed by atoms with Crippen LogP contribution in [-0.4, -0.2) is 46.8 Å². The number of nitrogen functional groups attached to an aromatic ring is 1. The van der Waals surface area contributed by atoms with Crippen molar-refractivity contribution in [3.05, 3.63) is 30.5 Å². The summed E-state index contributed by atoms with van der Waals surface area (Å²) in [7, 11) is 0. The third kappa shape index (κ3) is 6.40. The molecule has 1 saturated carbocycles. The molecule has 1 aliphatic carbocycles. The first-order valence-corrected chi connectivity index (χ1v) is 11.8. The van der Waals surface area contributed by atoms with Crippen LogP contribution >= 0.6 is 0 Å². The molecule has 2 aliphatic rings. The van der Waals surface area contributed by atoms with Gasteiger partial charge >= 0.3 is 6.09 Å². The van der Waals surface area contributed by atoms with E-state index < -0.39 is 5.60 Å². The van der Waals surface area contributed by atoms with Gasteiger partial charge in [-0.05, 0) is 64.3 Å². The maximum atomic E-state index is 12.0. The summed E-state index contributed by atoms with van der Waals surface area (Å²) >= 11 is 0. The van der Waals surface area contributed by atoms with Crippen molar-refractivity contribution in [1.82, 2.24) is 15.3 Å². The molecular formula is C24H35N7O2. The van der Waals surface area contributed by atoms with E-state index in [1.54, 1.807) is 6.20 Å². The number of carbonyl (C=O) groups is 1. The average molecular weight is 454 g/mol. The molecule has 1 saturated heterocycles. The van der Waals surface area contributed by atoms with Gasteiger partial charge < -0.3 is 31.3 Å². The lowest BCUT2D eigenvalue weighted by atomic mass is 10.2. The second-order valence-electron chi connectivity index (χ2n) is 9.87. The van der Waals surface area contributed by atoms with Crippen LogP contribution in [0, 0.1) is 0 Å². The Kier molecular flexibility index (Phi) is 6.76. The van der Waals surface area contributed by atoms with Crippen molar-refractivity contribution < 1.29 is 9.53 Å². The summed E-state index contributed by atoms with van der Waals surface area (Å²) < 4.78 is 5.36. The predicted octanol–water partition coefficient (Wildman–Crippen LogP) is 4.26. The van der Waals surface area contributed by atoms with Crippen LogP contribution in [0.4, 0.5) is 33.6 Å². The standard InChI is InChI=1S/C24H35N7O2/c1-24(2,3)33-23(32)29-18-12-13-31(15-18)19-10-8-17(9-11-19)28-22-26-14-20(25)21(30-22)27-16-6-4-5-7-16/h8-11,14,16,18H,4-7,12-13,15,25H2,1-3H3,(H,29,32)(H2,26,27,28,30). The molecule has 1 aromatic carbocycles. The van der Waals surface area contributed by atoms with Crippen molar-refractivity contribution in [2.24, 2.45) is 0 Å². The molecule has 178 valence electrons. The quantitative estimate of drug-likeness (QED) is 0.512. The summed E-state index contributed by atoms with van der Waals surface area (Å²) in [5, 5.41) is 9.68. The molecule has 9 nitrogen and oxygen atoms in total. The van der Waals surface area contributed by atoms with Gasteiger partial charge in [-0.2, -0.15) is 4.98 Å². The maximum Gasteiger partial charge on any atom is 0.407 e. The zero-order valence-electron chi connectivity index (χ0n) is 19.7. The number of benzene rings is 1. The van der Waals surface area contributed by atoms with E-state index in [4.69, 9.17) is 10.5 Å². The van der Waals surface area contributed by atoms with Crippen LogP contribution in [-0.2, 0) is 4.74 Å².